The predicted octanol–water partition coefficient (Wildman–Crippen LogP) is 3.06. The summed E-state index contributed by atoms with van der Waals surface area (Å²) in [5, 5.41) is 6.28. The Hall–Kier alpha value is -1.52. The predicted molar refractivity (Wildman–Crippen MR) is 71.9 cm³/mol. The summed E-state index contributed by atoms with van der Waals surface area (Å²) in [6.07, 6.45) is 5.37. The van der Waals surface area contributed by atoms with Crippen molar-refractivity contribution >= 4 is 17.2 Å². The largest absolute Gasteiger partial charge is 0.351 e. The second kappa shape index (κ2) is 6.42. The van der Waals surface area contributed by atoms with E-state index in [2.05, 4.69) is 15.3 Å². The van der Waals surface area contributed by atoms with Crippen molar-refractivity contribution in [3.63, 3.8) is 0 Å². The fraction of sp³-hybridized carbons (Fsp3) is 0.583. The third-order valence-electron chi connectivity index (χ3n) is 3.00. The Morgan fingerprint density at radius 3 is 3.11 bits per heavy atom. The van der Waals surface area contributed by atoms with Crippen LogP contribution in [0.3, 0.4) is 0 Å². The number of carbonyl (C=O) groups is 1. The van der Waals surface area contributed by atoms with Crippen molar-refractivity contribution in [1.29, 1.82) is 0 Å². The number of rotatable bonds is 5. The molecule has 96 valence electrons. The Bertz CT molecular complexity index is 453. The van der Waals surface area contributed by atoms with E-state index in [4.69, 9.17) is 5.53 Å². The molecule has 6 heteroatoms. The highest BCUT2D eigenvalue weighted by atomic mass is 32.1. The summed E-state index contributed by atoms with van der Waals surface area (Å²) < 4.78 is 0. The van der Waals surface area contributed by atoms with Gasteiger partial charge in [-0.15, -0.1) is 11.3 Å². The Labute approximate surface area is 110 Å². The summed E-state index contributed by atoms with van der Waals surface area (Å²) in [4.78, 5) is 16.7. The third-order valence-corrected chi connectivity index (χ3v) is 4.24. The molecule has 1 N–H and O–H groups in total. The smallest absolute Gasteiger partial charge is 0.261 e. The lowest BCUT2D eigenvalue weighted by atomic mass is 9.99. The fourth-order valence-electron chi connectivity index (χ4n) is 2.09. The quantitative estimate of drug-likeness (QED) is 0.377. The summed E-state index contributed by atoms with van der Waals surface area (Å²) in [6, 6.07) is 2.03. The van der Waals surface area contributed by atoms with Crippen LogP contribution in [0.15, 0.2) is 11.2 Å². The number of hydrogen-bond donors (Lipinski definition) is 1. The summed E-state index contributed by atoms with van der Waals surface area (Å²) in [7, 11) is 0. The van der Waals surface area contributed by atoms with E-state index in [0.29, 0.717) is 19.5 Å². The van der Waals surface area contributed by atoms with Crippen molar-refractivity contribution in [1.82, 2.24) is 5.32 Å². The molecule has 0 unspecified atom stereocenters. The summed E-state index contributed by atoms with van der Waals surface area (Å²) in [5.74, 6) is -0.00432. The van der Waals surface area contributed by atoms with E-state index in [0.717, 1.165) is 17.7 Å². The monoisotopic (exact) mass is 264 g/mol. The van der Waals surface area contributed by atoms with Crippen molar-refractivity contribution in [3.05, 3.63) is 31.8 Å². The van der Waals surface area contributed by atoms with Gasteiger partial charge in [-0.25, -0.2) is 0 Å². The molecule has 0 atom stereocenters. The van der Waals surface area contributed by atoms with Gasteiger partial charge in [-0.05, 0) is 49.3 Å². The molecule has 0 fully saturated rings. The maximum atomic E-state index is 11.9. The Kier molecular flexibility index (Phi) is 4.61. The van der Waals surface area contributed by atoms with Crippen LogP contribution in [0.1, 0.15) is 39.4 Å². The van der Waals surface area contributed by atoms with Gasteiger partial charge in [0.25, 0.3) is 5.91 Å². The third kappa shape index (κ3) is 3.24. The normalized spacial score (nSPS) is 13.6. The lowest BCUT2D eigenvalue weighted by Gasteiger charge is -2.08. The summed E-state index contributed by atoms with van der Waals surface area (Å²) in [6.45, 7) is 0.984. The first-order valence-electron chi connectivity index (χ1n) is 6.22. The van der Waals surface area contributed by atoms with Gasteiger partial charge in [0.1, 0.15) is 0 Å². The minimum Gasteiger partial charge on any atom is -0.351 e. The lowest BCUT2D eigenvalue weighted by Crippen LogP contribution is -2.23. The first-order valence-corrected chi connectivity index (χ1v) is 7.03. The van der Waals surface area contributed by atoms with Gasteiger partial charge >= 0.3 is 0 Å². The molecule has 1 aliphatic carbocycles. The SMILES string of the molecule is [N-]=[N+]=NCCCNC(=O)c1cc2c(s1)CCCC2. The van der Waals surface area contributed by atoms with E-state index >= 15 is 0 Å². The van der Waals surface area contributed by atoms with Crippen LogP contribution in [0.25, 0.3) is 10.4 Å². The van der Waals surface area contributed by atoms with Crippen molar-refractivity contribution in [2.75, 3.05) is 13.1 Å². The van der Waals surface area contributed by atoms with Gasteiger partial charge in [-0.1, -0.05) is 5.11 Å². The molecule has 0 aromatic carbocycles. The second-order valence-corrected chi connectivity index (χ2v) is 5.47. The number of aryl methyl sites for hydroxylation is 2. The van der Waals surface area contributed by atoms with Crippen LogP contribution in [0.5, 0.6) is 0 Å². The molecule has 0 aliphatic heterocycles. The molecule has 0 saturated carbocycles. The second-order valence-electron chi connectivity index (χ2n) is 4.33. The molecule has 1 amide bonds. The van der Waals surface area contributed by atoms with Gasteiger partial charge in [0.15, 0.2) is 0 Å². The van der Waals surface area contributed by atoms with E-state index in [9.17, 15) is 4.79 Å². The minimum absolute atomic E-state index is 0.00432. The van der Waals surface area contributed by atoms with Gasteiger partial charge in [-0.3, -0.25) is 4.79 Å². The van der Waals surface area contributed by atoms with Crippen LogP contribution in [-0.2, 0) is 12.8 Å². The minimum atomic E-state index is -0.00432. The lowest BCUT2D eigenvalue weighted by molar-refractivity contribution is 0.0957. The Balaban J connectivity index is 1.85. The highest BCUT2D eigenvalue weighted by molar-refractivity contribution is 7.14. The van der Waals surface area contributed by atoms with E-state index < -0.39 is 0 Å². The molecule has 0 bridgehead atoms. The average Bonchev–Trinajstić information content (AvgIpc) is 2.82. The number of hydrogen-bond acceptors (Lipinski definition) is 3. The Morgan fingerprint density at radius 2 is 2.33 bits per heavy atom. The van der Waals surface area contributed by atoms with Gasteiger partial charge in [0.2, 0.25) is 0 Å². The number of carbonyl (C=O) groups excluding carboxylic acids is 1. The van der Waals surface area contributed by atoms with E-state index in [1.807, 2.05) is 6.07 Å². The van der Waals surface area contributed by atoms with Gasteiger partial charge in [-0.2, -0.15) is 0 Å². The van der Waals surface area contributed by atoms with E-state index in [1.54, 1.807) is 11.3 Å². The average molecular weight is 264 g/mol. The number of nitrogens with one attached hydrogen (secondary N) is 1. The molecule has 0 saturated heterocycles. The first kappa shape index (κ1) is 12.9. The molecule has 5 nitrogen and oxygen atoms in total. The topological polar surface area (TPSA) is 77.9 Å². The number of azide groups is 1. The standard InChI is InChI=1S/C12H16N4OS/c13-16-15-7-3-6-14-12(17)11-8-9-4-1-2-5-10(9)18-11/h8H,1-7H2,(H,14,17). The number of amides is 1. The van der Waals surface area contributed by atoms with Crippen molar-refractivity contribution in [2.24, 2.45) is 5.11 Å². The Morgan fingerprint density at radius 1 is 1.50 bits per heavy atom. The van der Waals surface area contributed by atoms with Crippen LogP contribution in [-0.4, -0.2) is 19.0 Å². The van der Waals surface area contributed by atoms with Crippen molar-refractivity contribution in [2.45, 2.75) is 32.1 Å². The highest BCUT2D eigenvalue weighted by Gasteiger charge is 2.16. The zero-order valence-electron chi connectivity index (χ0n) is 10.2. The molecule has 2 rings (SSSR count). The maximum Gasteiger partial charge on any atom is 0.261 e. The van der Waals surface area contributed by atoms with E-state index in [1.165, 1.54) is 23.3 Å². The molecule has 1 aromatic heterocycles. The van der Waals surface area contributed by atoms with Crippen molar-refractivity contribution < 1.29 is 4.79 Å². The molecule has 1 aliphatic rings. The molecular weight excluding hydrogens is 248 g/mol. The first-order chi connectivity index (χ1) is 8.81. The number of nitrogens with zero attached hydrogens (tertiary/aromatic N) is 3. The highest BCUT2D eigenvalue weighted by Crippen LogP contribution is 2.29. The molecular formula is C12H16N4OS. The maximum absolute atomic E-state index is 11.9. The summed E-state index contributed by atoms with van der Waals surface area (Å²) in [5.41, 5.74) is 9.47. The molecule has 18 heavy (non-hydrogen) atoms. The van der Waals surface area contributed by atoms with Crippen LogP contribution in [0, 0.1) is 0 Å². The van der Waals surface area contributed by atoms with Gasteiger partial charge < -0.3 is 5.32 Å². The van der Waals surface area contributed by atoms with Crippen LogP contribution < -0.4 is 5.32 Å². The van der Waals surface area contributed by atoms with Crippen LogP contribution in [0.4, 0.5) is 0 Å². The molecule has 1 heterocycles. The zero-order valence-corrected chi connectivity index (χ0v) is 11.0. The van der Waals surface area contributed by atoms with Crippen LogP contribution >= 0.6 is 11.3 Å². The molecule has 0 spiro atoms. The molecule has 0 radical (unpaired) electrons. The number of thiophene rings is 1. The molecule has 1 aromatic rings. The van der Waals surface area contributed by atoms with Gasteiger partial charge in [0.05, 0.1) is 4.88 Å². The summed E-state index contributed by atoms with van der Waals surface area (Å²) >= 11 is 1.62. The van der Waals surface area contributed by atoms with Crippen LogP contribution in [0.2, 0.25) is 0 Å². The fourth-order valence-corrected chi connectivity index (χ4v) is 3.26. The van der Waals surface area contributed by atoms with E-state index in [-0.39, 0.29) is 5.91 Å². The van der Waals surface area contributed by atoms with Crippen molar-refractivity contribution in [3.8, 4) is 0 Å². The van der Waals surface area contributed by atoms with Gasteiger partial charge in [0, 0.05) is 22.9 Å². The number of fused-ring (bicyclic) bond motifs is 1. The zero-order chi connectivity index (χ0) is 12.8.